The fourth-order valence-electron chi connectivity index (χ4n) is 1.92. The fraction of sp³-hybridized carbons (Fsp3) is 0.222. The van der Waals surface area contributed by atoms with Crippen molar-refractivity contribution < 1.29 is 18.7 Å². The van der Waals surface area contributed by atoms with Gasteiger partial charge in [-0.3, -0.25) is 9.59 Å². The number of carbonyl (C=O) groups is 2. The Labute approximate surface area is 139 Å². The number of ether oxygens (including phenoxy) is 1. The van der Waals surface area contributed by atoms with Gasteiger partial charge in [-0.25, -0.2) is 4.39 Å². The zero-order valence-electron chi connectivity index (χ0n) is 13.3. The van der Waals surface area contributed by atoms with Gasteiger partial charge in [0.2, 0.25) is 11.8 Å². The van der Waals surface area contributed by atoms with Crippen LogP contribution < -0.4 is 15.4 Å². The molecular weight excluding hydrogens is 311 g/mol. The van der Waals surface area contributed by atoms with Gasteiger partial charge in [0.1, 0.15) is 18.2 Å². The van der Waals surface area contributed by atoms with Gasteiger partial charge in [-0.15, -0.1) is 0 Å². The second-order valence-electron chi connectivity index (χ2n) is 5.25. The van der Waals surface area contributed by atoms with E-state index in [0.29, 0.717) is 18.9 Å². The van der Waals surface area contributed by atoms with Crippen LogP contribution in [0.15, 0.2) is 48.5 Å². The van der Waals surface area contributed by atoms with Gasteiger partial charge in [0.25, 0.3) is 0 Å². The van der Waals surface area contributed by atoms with Crippen LogP contribution in [0, 0.1) is 5.82 Å². The normalized spacial score (nSPS) is 10.1. The minimum absolute atomic E-state index is 0.0335. The highest BCUT2D eigenvalue weighted by Crippen LogP contribution is 2.14. The zero-order chi connectivity index (χ0) is 17.4. The van der Waals surface area contributed by atoms with Crippen LogP contribution in [0.5, 0.6) is 5.75 Å². The van der Waals surface area contributed by atoms with Crippen LogP contribution in [-0.2, 0) is 22.7 Å². The van der Waals surface area contributed by atoms with Crippen LogP contribution in [-0.4, -0.2) is 18.4 Å². The first-order chi connectivity index (χ1) is 11.5. The average Bonchev–Trinajstić information content (AvgIpc) is 2.58. The molecule has 2 aromatic rings. The van der Waals surface area contributed by atoms with Crippen LogP contribution in [0.4, 0.5) is 4.39 Å². The Bertz CT molecular complexity index is 684. The van der Waals surface area contributed by atoms with Gasteiger partial charge < -0.3 is 15.4 Å². The lowest BCUT2D eigenvalue weighted by Crippen LogP contribution is -2.35. The summed E-state index contributed by atoms with van der Waals surface area (Å²) in [7, 11) is 0. The molecule has 0 fully saturated rings. The maximum absolute atomic E-state index is 12.8. The molecule has 5 nitrogen and oxygen atoms in total. The smallest absolute Gasteiger partial charge is 0.239 e. The Hall–Kier alpha value is -2.89. The Kier molecular flexibility index (Phi) is 6.31. The molecule has 0 heterocycles. The van der Waals surface area contributed by atoms with Crippen molar-refractivity contribution in [3.63, 3.8) is 0 Å². The Morgan fingerprint density at radius 3 is 2.21 bits per heavy atom. The number of benzene rings is 2. The summed E-state index contributed by atoms with van der Waals surface area (Å²) >= 11 is 0. The molecule has 2 N–H and O–H groups in total. The van der Waals surface area contributed by atoms with Gasteiger partial charge in [0.15, 0.2) is 0 Å². The molecule has 0 aliphatic rings. The molecule has 0 aromatic heterocycles. The molecule has 126 valence electrons. The molecule has 0 spiro atoms. The fourth-order valence-corrected chi connectivity index (χ4v) is 1.92. The summed E-state index contributed by atoms with van der Waals surface area (Å²) in [5, 5.41) is 5.14. The van der Waals surface area contributed by atoms with Crippen LogP contribution >= 0.6 is 0 Å². The topological polar surface area (TPSA) is 67.4 Å². The van der Waals surface area contributed by atoms with Gasteiger partial charge in [-0.05, 0) is 35.4 Å². The van der Waals surface area contributed by atoms with E-state index in [1.54, 1.807) is 24.3 Å². The molecule has 0 atom stereocenters. The van der Waals surface area contributed by atoms with Gasteiger partial charge in [-0.1, -0.05) is 24.3 Å². The third-order valence-corrected chi connectivity index (χ3v) is 3.23. The van der Waals surface area contributed by atoms with Crippen LogP contribution in [0.25, 0.3) is 0 Å². The number of nitrogens with one attached hydrogen (secondary N) is 2. The van der Waals surface area contributed by atoms with Crippen molar-refractivity contribution in [2.75, 3.05) is 6.54 Å². The van der Waals surface area contributed by atoms with Crippen LogP contribution in [0.3, 0.4) is 0 Å². The monoisotopic (exact) mass is 330 g/mol. The van der Waals surface area contributed by atoms with Gasteiger partial charge >= 0.3 is 0 Å². The molecule has 0 unspecified atom stereocenters. The summed E-state index contributed by atoms with van der Waals surface area (Å²) < 4.78 is 18.4. The first kappa shape index (κ1) is 17.5. The van der Waals surface area contributed by atoms with Crippen molar-refractivity contribution in [1.29, 1.82) is 0 Å². The molecule has 2 rings (SSSR count). The second kappa shape index (κ2) is 8.67. The second-order valence-corrected chi connectivity index (χ2v) is 5.25. The minimum atomic E-state index is -0.274. The van der Waals surface area contributed by atoms with E-state index in [1.807, 2.05) is 12.1 Å². The maximum atomic E-state index is 12.8. The average molecular weight is 330 g/mol. The van der Waals surface area contributed by atoms with Crippen molar-refractivity contribution >= 4 is 11.8 Å². The Balaban J connectivity index is 1.77. The molecule has 0 saturated carbocycles. The molecule has 0 bridgehead atoms. The number of halogens is 1. The highest BCUT2D eigenvalue weighted by Gasteiger charge is 2.02. The summed E-state index contributed by atoms with van der Waals surface area (Å²) in [5.74, 6) is -0.0778. The van der Waals surface area contributed by atoms with E-state index in [0.717, 1.165) is 11.1 Å². The van der Waals surface area contributed by atoms with Crippen molar-refractivity contribution in [3.05, 3.63) is 65.5 Å². The molecule has 24 heavy (non-hydrogen) atoms. The SMILES string of the molecule is CC(=O)NCC(=O)NCc1ccc(OCc2ccc(F)cc2)cc1. The highest BCUT2D eigenvalue weighted by molar-refractivity contribution is 5.83. The van der Waals surface area contributed by atoms with Crippen molar-refractivity contribution in [3.8, 4) is 5.75 Å². The quantitative estimate of drug-likeness (QED) is 0.817. The van der Waals surface area contributed by atoms with Crippen molar-refractivity contribution in [1.82, 2.24) is 10.6 Å². The molecule has 6 heteroatoms. The van der Waals surface area contributed by atoms with Gasteiger partial charge in [0.05, 0.1) is 6.54 Å². The Morgan fingerprint density at radius 2 is 1.58 bits per heavy atom. The summed E-state index contributed by atoms with van der Waals surface area (Å²) in [6.45, 7) is 2.05. The predicted octanol–water partition coefficient (Wildman–Crippen LogP) is 2.16. The third-order valence-electron chi connectivity index (χ3n) is 3.23. The highest BCUT2D eigenvalue weighted by atomic mass is 19.1. The lowest BCUT2D eigenvalue weighted by molar-refractivity contribution is -0.125. The number of hydrogen-bond acceptors (Lipinski definition) is 3. The van der Waals surface area contributed by atoms with E-state index in [2.05, 4.69) is 10.6 Å². The lowest BCUT2D eigenvalue weighted by Gasteiger charge is -2.08. The number of carbonyl (C=O) groups excluding carboxylic acids is 2. The van der Waals surface area contributed by atoms with Gasteiger partial charge in [-0.2, -0.15) is 0 Å². The van der Waals surface area contributed by atoms with Crippen LogP contribution in [0.1, 0.15) is 18.1 Å². The molecule has 2 aromatic carbocycles. The van der Waals surface area contributed by atoms with Crippen molar-refractivity contribution in [2.45, 2.75) is 20.1 Å². The summed E-state index contributed by atoms with van der Waals surface area (Å²) in [6, 6.07) is 13.4. The number of amides is 2. The van der Waals surface area contributed by atoms with E-state index in [4.69, 9.17) is 4.74 Å². The number of rotatable bonds is 7. The molecule has 0 aliphatic heterocycles. The predicted molar refractivity (Wildman–Crippen MR) is 87.7 cm³/mol. The van der Waals surface area contributed by atoms with Gasteiger partial charge in [0, 0.05) is 13.5 Å². The first-order valence-electron chi connectivity index (χ1n) is 7.50. The van der Waals surface area contributed by atoms with E-state index in [1.165, 1.54) is 19.1 Å². The molecule has 2 amide bonds. The standard InChI is InChI=1S/C18H19FN2O3/c1-13(22)20-11-18(23)21-10-14-4-8-17(9-5-14)24-12-15-2-6-16(19)7-3-15/h2-9H,10-12H2,1H3,(H,20,22)(H,21,23). The van der Waals surface area contributed by atoms with E-state index < -0.39 is 0 Å². The summed E-state index contributed by atoms with van der Waals surface area (Å²) in [4.78, 5) is 22.2. The lowest BCUT2D eigenvalue weighted by atomic mass is 10.2. The van der Waals surface area contributed by atoms with E-state index >= 15 is 0 Å². The van der Waals surface area contributed by atoms with E-state index in [-0.39, 0.29) is 24.2 Å². The molecule has 0 aliphatic carbocycles. The van der Waals surface area contributed by atoms with Crippen molar-refractivity contribution in [2.24, 2.45) is 0 Å². The molecule has 0 radical (unpaired) electrons. The summed E-state index contributed by atoms with van der Waals surface area (Å²) in [6.07, 6.45) is 0. The Morgan fingerprint density at radius 1 is 0.958 bits per heavy atom. The van der Waals surface area contributed by atoms with E-state index in [9.17, 15) is 14.0 Å². The largest absolute Gasteiger partial charge is 0.489 e. The number of hydrogen-bond donors (Lipinski definition) is 2. The van der Waals surface area contributed by atoms with Crippen LogP contribution in [0.2, 0.25) is 0 Å². The zero-order valence-corrected chi connectivity index (χ0v) is 13.3. The summed E-state index contributed by atoms with van der Waals surface area (Å²) in [5.41, 5.74) is 1.80. The molecule has 0 saturated heterocycles. The minimum Gasteiger partial charge on any atom is -0.489 e. The molecular formula is C18H19FN2O3. The third kappa shape index (κ3) is 6.08. The first-order valence-corrected chi connectivity index (χ1v) is 7.50. The maximum Gasteiger partial charge on any atom is 0.239 e.